The number of anilines is 1. The Morgan fingerprint density at radius 3 is 2.35 bits per heavy atom. The Kier molecular flexibility index (Phi) is 3.71. The van der Waals surface area contributed by atoms with E-state index in [1.165, 1.54) is 13.2 Å². The number of benzene rings is 1. The molecule has 1 aromatic carbocycles. The van der Waals surface area contributed by atoms with Gasteiger partial charge in [0.05, 0.1) is 7.11 Å². The van der Waals surface area contributed by atoms with Crippen LogP contribution in [-0.2, 0) is 10.0 Å². The van der Waals surface area contributed by atoms with Crippen LogP contribution in [0.4, 0.5) is 5.82 Å². The quantitative estimate of drug-likeness (QED) is 0.937. The molecule has 0 aliphatic rings. The summed E-state index contributed by atoms with van der Waals surface area (Å²) in [6.07, 6.45) is 0. The highest BCUT2D eigenvalue weighted by molar-refractivity contribution is 7.92. The van der Waals surface area contributed by atoms with Gasteiger partial charge in [0, 0.05) is 6.07 Å². The second-order valence-corrected chi connectivity index (χ2v) is 6.17. The number of nitrogens with zero attached hydrogens (tertiary/aromatic N) is 1. The standard InChI is InChI=1S/C13H16N2O4S/c1-8-5-11(18-4)12(6-9(8)2)20(16,17)15-13-7-10(3)19-14-13/h5-7H,1-4H3,(H,14,15). The zero-order valence-electron chi connectivity index (χ0n) is 11.7. The molecule has 20 heavy (non-hydrogen) atoms. The molecule has 0 spiro atoms. The van der Waals surface area contributed by atoms with Gasteiger partial charge in [-0.15, -0.1) is 0 Å². The van der Waals surface area contributed by atoms with Crippen LogP contribution in [0.1, 0.15) is 16.9 Å². The van der Waals surface area contributed by atoms with Gasteiger partial charge < -0.3 is 9.26 Å². The average molecular weight is 296 g/mol. The van der Waals surface area contributed by atoms with Crippen LogP contribution in [0.3, 0.4) is 0 Å². The number of hydrogen-bond acceptors (Lipinski definition) is 5. The molecule has 6 nitrogen and oxygen atoms in total. The monoisotopic (exact) mass is 296 g/mol. The number of rotatable bonds is 4. The van der Waals surface area contributed by atoms with Crippen LogP contribution in [0.5, 0.6) is 5.75 Å². The Labute approximate surface area is 117 Å². The van der Waals surface area contributed by atoms with Crippen molar-refractivity contribution in [1.29, 1.82) is 0 Å². The van der Waals surface area contributed by atoms with Gasteiger partial charge in [0.25, 0.3) is 10.0 Å². The molecule has 0 saturated heterocycles. The third-order valence-electron chi connectivity index (χ3n) is 2.94. The van der Waals surface area contributed by atoms with Gasteiger partial charge in [-0.3, -0.25) is 4.72 Å². The van der Waals surface area contributed by atoms with E-state index in [2.05, 4.69) is 9.88 Å². The normalized spacial score (nSPS) is 11.4. The molecular formula is C13H16N2O4S. The SMILES string of the molecule is COc1cc(C)c(C)cc1S(=O)(=O)Nc1cc(C)on1. The molecule has 0 aliphatic heterocycles. The highest BCUT2D eigenvalue weighted by Gasteiger charge is 2.22. The van der Waals surface area contributed by atoms with Crippen molar-refractivity contribution in [3.63, 3.8) is 0 Å². The first-order valence-corrected chi connectivity index (χ1v) is 7.43. The summed E-state index contributed by atoms with van der Waals surface area (Å²) in [7, 11) is -2.35. The van der Waals surface area contributed by atoms with Crippen LogP contribution < -0.4 is 9.46 Å². The lowest BCUT2D eigenvalue weighted by Crippen LogP contribution is -2.14. The van der Waals surface area contributed by atoms with Gasteiger partial charge in [-0.1, -0.05) is 5.16 Å². The topological polar surface area (TPSA) is 81.4 Å². The molecule has 108 valence electrons. The minimum absolute atomic E-state index is 0.0729. The van der Waals surface area contributed by atoms with Crippen molar-refractivity contribution in [2.24, 2.45) is 0 Å². The summed E-state index contributed by atoms with van der Waals surface area (Å²) >= 11 is 0. The molecule has 0 atom stereocenters. The summed E-state index contributed by atoms with van der Waals surface area (Å²) in [5, 5.41) is 3.62. The largest absolute Gasteiger partial charge is 0.495 e. The number of methoxy groups -OCH3 is 1. The van der Waals surface area contributed by atoms with Gasteiger partial charge in [0.2, 0.25) is 0 Å². The fourth-order valence-electron chi connectivity index (χ4n) is 1.74. The molecule has 0 unspecified atom stereocenters. The summed E-state index contributed by atoms with van der Waals surface area (Å²) in [6.45, 7) is 5.41. The van der Waals surface area contributed by atoms with Crippen molar-refractivity contribution in [2.75, 3.05) is 11.8 Å². The first kappa shape index (κ1) is 14.4. The fraction of sp³-hybridized carbons (Fsp3) is 0.308. The second kappa shape index (κ2) is 5.16. The summed E-state index contributed by atoms with van der Waals surface area (Å²) < 4.78 is 37.1. The number of sulfonamides is 1. The third kappa shape index (κ3) is 2.77. The molecule has 2 aromatic rings. The Morgan fingerprint density at radius 2 is 1.80 bits per heavy atom. The van der Waals surface area contributed by atoms with Crippen molar-refractivity contribution in [2.45, 2.75) is 25.7 Å². The Bertz CT molecular complexity index is 735. The summed E-state index contributed by atoms with van der Waals surface area (Å²) in [4.78, 5) is 0.0729. The number of hydrogen-bond donors (Lipinski definition) is 1. The summed E-state index contributed by atoms with van der Waals surface area (Å²) in [5.74, 6) is 0.957. The lowest BCUT2D eigenvalue weighted by Gasteiger charge is -2.12. The molecule has 1 heterocycles. The van der Waals surface area contributed by atoms with E-state index in [1.54, 1.807) is 19.1 Å². The van der Waals surface area contributed by atoms with Gasteiger partial charge in [-0.25, -0.2) is 8.42 Å². The number of ether oxygens (including phenoxy) is 1. The fourth-order valence-corrected chi connectivity index (χ4v) is 2.96. The van der Waals surface area contributed by atoms with Crippen LogP contribution in [0.15, 0.2) is 27.6 Å². The predicted molar refractivity (Wildman–Crippen MR) is 74.5 cm³/mol. The van der Waals surface area contributed by atoms with E-state index in [1.807, 2.05) is 13.8 Å². The predicted octanol–water partition coefficient (Wildman–Crippen LogP) is 2.41. The molecule has 0 saturated carbocycles. The Hall–Kier alpha value is -2.02. The van der Waals surface area contributed by atoms with Crippen molar-refractivity contribution in [3.8, 4) is 5.75 Å². The van der Waals surface area contributed by atoms with E-state index in [0.29, 0.717) is 11.5 Å². The molecule has 7 heteroatoms. The molecule has 1 aromatic heterocycles. The molecule has 0 fully saturated rings. The maximum absolute atomic E-state index is 12.4. The van der Waals surface area contributed by atoms with E-state index in [-0.39, 0.29) is 10.7 Å². The van der Waals surface area contributed by atoms with Gasteiger partial charge in [0.15, 0.2) is 5.82 Å². The van der Waals surface area contributed by atoms with Crippen LogP contribution >= 0.6 is 0 Å². The minimum Gasteiger partial charge on any atom is -0.495 e. The maximum atomic E-state index is 12.4. The molecule has 1 N–H and O–H groups in total. The third-order valence-corrected chi connectivity index (χ3v) is 4.31. The molecule has 0 bridgehead atoms. The highest BCUT2D eigenvalue weighted by Crippen LogP contribution is 2.28. The van der Waals surface area contributed by atoms with Gasteiger partial charge >= 0.3 is 0 Å². The van der Waals surface area contributed by atoms with Crippen LogP contribution in [0.2, 0.25) is 0 Å². The average Bonchev–Trinajstić information content (AvgIpc) is 2.76. The van der Waals surface area contributed by atoms with Crippen LogP contribution in [0.25, 0.3) is 0 Å². The van der Waals surface area contributed by atoms with Crippen molar-refractivity contribution in [1.82, 2.24) is 5.16 Å². The molecule has 2 rings (SSSR count). The van der Waals surface area contributed by atoms with Crippen molar-refractivity contribution in [3.05, 3.63) is 35.1 Å². The molecule has 0 amide bonds. The van der Waals surface area contributed by atoms with E-state index in [9.17, 15) is 8.42 Å². The van der Waals surface area contributed by atoms with Crippen molar-refractivity contribution >= 4 is 15.8 Å². The first-order chi connectivity index (χ1) is 9.33. The molecule has 0 aliphatic carbocycles. The lowest BCUT2D eigenvalue weighted by atomic mass is 10.1. The van der Waals surface area contributed by atoms with E-state index in [0.717, 1.165) is 11.1 Å². The smallest absolute Gasteiger partial charge is 0.266 e. The van der Waals surface area contributed by atoms with E-state index >= 15 is 0 Å². The first-order valence-electron chi connectivity index (χ1n) is 5.95. The lowest BCUT2D eigenvalue weighted by molar-refractivity contribution is 0.399. The zero-order valence-corrected chi connectivity index (χ0v) is 12.5. The van der Waals surface area contributed by atoms with E-state index in [4.69, 9.17) is 9.26 Å². The highest BCUT2D eigenvalue weighted by atomic mass is 32.2. The van der Waals surface area contributed by atoms with Crippen LogP contribution in [0, 0.1) is 20.8 Å². The van der Waals surface area contributed by atoms with Gasteiger partial charge in [-0.2, -0.15) is 0 Å². The Balaban J connectivity index is 2.46. The second-order valence-electron chi connectivity index (χ2n) is 4.52. The maximum Gasteiger partial charge on any atom is 0.266 e. The minimum atomic E-state index is -3.78. The molecule has 0 radical (unpaired) electrons. The number of nitrogens with one attached hydrogen (secondary N) is 1. The zero-order chi connectivity index (χ0) is 14.9. The van der Waals surface area contributed by atoms with E-state index < -0.39 is 10.0 Å². The van der Waals surface area contributed by atoms with Gasteiger partial charge in [0.1, 0.15) is 16.4 Å². The number of aromatic nitrogens is 1. The molecular weight excluding hydrogens is 280 g/mol. The van der Waals surface area contributed by atoms with Crippen molar-refractivity contribution < 1.29 is 17.7 Å². The van der Waals surface area contributed by atoms with Crippen LogP contribution in [-0.4, -0.2) is 20.7 Å². The number of aryl methyl sites for hydroxylation is 3. The summed E-state index contributed by atoms with van der Waals surface area (Å²) in [5.41, 5.74) is 1.82. The summed E-state index contributed by atoms with van der Waals surface area (Å²) in [6, 6.07) is 4.77. The Morgan fingerprint density at radius 1 is 1.15 bits per heavy atom. The van der Waals surface area contributed by atoms with Gasteiger partial charge in [-0.05, 0) is 44.0 Å².